The highest BCUT2D eigenvalue weighted by molar-refractivity contribution is 5.51. The van der Waals surface area contributed by atoms with Gasteiger partial charge in [-0.15, -0.1) is 0 Å². The number of anilines is 1. The Morgan fingerprint density at radius 1 is 1.06 bits per heavy atom. The van der Waals surface area contributed by atoms with Gasteiger partial charge in [0.1, 0.15) is 6.10 Å². The second-order valence-corrected chi connectivity index (χ2v) is 4.85. The van der Waals surface area contributed by atoms with Crippen LogP contribution in [0.25, 0.3) is 0 Å². The number of aryl methyl sites for hydroxylation is 2. The van der Waals surface area contributed by atoms with Crippen molar-refractivity contribution in [1.82, 2.24) is 0 Å². The lowest BCUT2D eigenvalue weighted by atomic mass is 9.97. The lowest BCUT2D eigenvalue weighted by Gasteiger charge is -2.41. The van der Waals surface area contributed by atoms with Crippen molar-refractivity contribution in [2.75, 3.05) is 5.06 Å². The van der Waals surface area contributed by atoms with Gasteiger partial charge in [0.05, 0.1) is 11.7 Å². The van der Waals surface area contributed by atoms with Gasteiger partial charge in [-0.25, -0.2) is 5.06 Å². The van der Waals surface area contributed by atoms with Gasteiger partial charge < -0.3 is 0 Å². The first-order valence-electron chi connectivity index (χ1n) is 5.95. The zero-order chi connectivity index (χ0) is 11.1. The Morgan fingerprint density at radius 2 is 1.81 bits per heavy atom. The van der Waals surface area contributed by atoms with Crippen LogP contribution >= 0.6 is 0 Å². The van der Waals surface area contributed by atoms with E-state index in [0.717, 1.165) is 6.42 Å². The fraction of sp³-hybridized carbons (Fsp3) is 0.429. The molecule has 0 spiro atoms. The SMILES string of the molecule is Cc1cc(C)cc(N2OC3C=CC2CC3)c1. The lowest BCUT2D eigenvalue weighted by molar-refractivity contribution is 0.00350. The fourth-order valence-electron chi connectivity index (χ4n) is 2.62. The number of hydroxylamine groups is 1. The summed E-state index contributed by atoms with van der Waals surface area (Å²) in [5, 5.41) is 2.08. The standard InChI is InChI=1S/C14H17NO/c1-10-7-11(2)9-13(8-10)15-12-3-5-14(16-15)6-4-12/h3,5,7-9,12,14H,4,6H2,1-2H3. The number of rotatable bonds is 1. The summed E-state index contributed by atoms with van der Waals surface area (Å²) in [7, 11) is 0. The zero-order valence-corrected chi connectivity index (χ0v) is 9.81. The summed E-state index contributed by atoms with van der Waals surface area (Å²) < 4.78 is 0. The lowest BCUT2D eigenvalue weighted by Crippen LogP contribution is -2.45. The quantitative estimate of drug-likeness (QED) is 0.667. The third kappa shape index (κ3) is 1.63. The molecule has 2 nitrogen and oxygen atoms in total. The van der Waals surface area contributed by atoms with Crippen molar-refractivity contribution >= 4 is 5.69 Å². The second-order valence-electron chi connectivity index (χ2n) is 4.85. The first kappa shape index (κ1) is 9.91. The molecule has 0 radical (unpaired) electrons. The summed E-state index contributed by atoms with van der Waals surface area (Å²) in [4.78, 5) is 5.93. The monoisotopic (exact) mass is 215 g/mol. The number of hydrogen-bond donors (Lipinski definition) is 0. The van der Waals surface area contributed by atoms with Crippen molar-refractivity contribution in [2.24, 2.45) is 0 Å². The van der Waals surface area contributed by atoms with E-state index in [1.165, 1.54) is 23.2 Å². The van der Waals surface area contributed by atoms with E-state index in [4.69, 9.17) is 4.84 Å². The minimum atomic E-state index is 0.283. The van der Waals surface area contributed by atoms with E-state index in [2.05, 4.69) is 49.3 Å². The molecule has 2 bridgehead atoms. The molecule has 2 atom stereocenters. The van der Waals surface area contributed by atoms with E-state index >= 15 is 0 Å². The molecule has 0 amide bonds. The Labute approximate surface area is 96.5 Å². The first-order valence-corrected chi connectivity index (χ1v) is 5.95. The molecular formula is C14H17NO. The highest BCUT2D eigenvalue weighted by atomic mass is 16.7. The molecule has 4 rings (SSSR count). The second kappa shape index (κ2) is 3.63. The Hall–Kier alpha value is -1.28. The van der Waals surface area contributed by atoms with Crippen LogP contribution in [0.3, 0.4) is 0 Å². The van der Waals surface area contributed by atoms with Crippen molar-refractivity contribution in [1.29, 1.82) is 0 Å². The molecule has 1 aromatic rings. The molecule has 1 aliphatic carbocycles. The fourth-order valence-corrected chi connectivity index (χ4v) is 2.62. The Balaban J connectivity index is 1.95. The summed E-state index contributed by atoms with van der Waals surface area (Å²) in [5.74, 6) is 0. The van der Waals surface area contributed by atoms with Crippen LogP contribution in [0.2, 0.25) is 0 Å². The van der Waals surface area contributed by atoms with Crippen LogP contribution in [0.1, 0.15) is 24.0 Å². The molecule has 0 saturated carbocycles. The maximum absolute atomic E-state index is 5.93. The Morgan fingerprint density at radius 3 is 2.31 bits per heavy atom. The summed E-state index contributed by atoms with van der Waals surface area (Å²) in [6.45, 7) is 4.27. The highest BCUT2D eigenvalue weighted by Gasteiger charge is 2.31. The molecule has 3 aliphatic rings. The molecular weight excluding hydrogens is 198 g/mol. The maximum atomic E-state index is 5.93. The van der Waals surface area contributed by atoms with Crippen LogP contribution in [0.4, 0.5) is 5.69 Å². The molecule has 84 valence electrons. The molecule has 2 heteroatoms. The van der Waals surface area contributed by atoms with E-state index in [1.54, 1.807) is 0 Å². The third-order valence-electron chi connectivity index (χ3n) is 3.31. The van der Waals surface area contributed by atoms with Crippen molar-refractivity contribution in [3.05, 3.63) is 41.5 Å². The number of fused-ring (bicyclic) bond motifs is 2. The van der Waals surface area contributed by atoms with E-state index in [1.807, 2.05) is 0 Å². The zero-order valence-electron chi connectivity index (χ0n) is 9.81. The number of nitrogens with zero attached hydrogens (tertiary/aromatic N) is 1. The highest BCUT2D eigenvalue weighted by Crippen LogP contribution is 2.32. The van der Waals surface area contributed by atoms with Gasteiger partial charge in [-0.1, -0.05) is 18.2 Å². The van der Waals surface area contributed by atoms with Crippen molar-refractivity contribution in [3.8, 4) is 0 Å². The average molecular weight is 215 g/mol. The average Bonchev–Trinajstić information content (AvgIpc) is 2.29. The predicted molar refractivity (Wildman–Crippen MR) is 65.4 cm³/mol. The summed E-state index contributed by atoms with van der Waals surface area (Å²) in [5.41, 5.74) is 3.78. The molecule has 16 heavy (non-hydrogen) atoms. The summed E-state index contributed by atoms with van der Waals surface area (Å²) in [6.07, 6.45) is 7.10. The minimum absolute atomic E-state index is 0.283. The van der Waals surface area contributed by atoms with Crippen LogP contribution in [-0.2, 0) is 4.84 Å². The first-order chi connectivity index (χ1) is 7.72. The maximum Gasteiger partial charge on any atom is 0.104 e. The molecule has 0 N–H and O–H groups in total. The molecule has 1 saturated heterocycles. The van der Waals surface area contributed by atoms with Crippen LogP contribution in [0, 0.1) is 13.8 Å². The van der Waals surface area contributed by atoms with Crippen LogP contribution in [-0.4, -0.2) is 12.1 Å². The third-order valence-corrected chi connectivity index (χ3v) is 3.31. The topological polar surface area (TPSA) is 12.5 Å². The van der Waals surface area contributed by atoms with Gasteiger partial charge in [0.2, 0.25) is 0 Å². The van der Waals surface area contributed by atoms with E-state index in [0.29, 0.717) is 6.04 Å². The van der Waals surface area contributed by atoms with Crippen LogP contribution in [0.15, 0.2) is 30.4 Å². The van der Waals surface area contributed by atoms with Gasteiger partial charge in [-0.2, -0.15) is 0 Å². The van der Waals surface area contributed by atoms with Crippen LogP contribution < -0.4 is 5.06 Å². The van der Waals surface area contributed by atoms with Gasteiger partial charge >= 0.3 is 0 Å². The summed E-state index contributed by atoms with van der Waals surface area (Å²) in [6, 6.07) is 7.01. The molecule has 2 unspecified atom stereocenters. The minimum Gasteiger partial charge on any atom is -0.265 e. The molecule has 1 fully saturated rings. The Kier molecular flexibility index (Phi) is 2.25. The van der Waals surface area contributed by atoms with Crippen molar-refractivity contribution in [3.63, 3.8) is 0 Å². The van der Waals surface area contributed by atoms with Gasteiger partial charge in [0, 0.05) is 0 Å². The van der Waals surface area contributed by atoms with Gasteiger partial charge in [0.25, 0.3) is 0 Å². The summed E-state index contributed by atoms with van der Waals surface area (Å²) >= 11 is 0. The predicted octanol–water partition coefficient (Wildman–Crippen LogP) is 3.14. The molecule has 2 aliphatic heterocycles. The largest absolute Gasteiger partial charge is 0.265 e. The van der Waals surface area contributed by atoms with Gasteiger partial charge in [-0.05, 0) is 49.9 Å². The molecule has 0 aromatic heterocycles. The van der Waals surface area contributed by atoms with Gasteiger partial charge in [0.15, 0.2) is 0 Å². The number of benzene rings is 1. The smallest absolute Gasteiger partial charge is 0.104 e. The van der Waals surface area contributed by atoms with E-state index < -0.39 is 0 Å². The van der Waals surface area contributed by atoms with E-state index in [9.17, 15) is 0 Å². The normalized spacial score (nSPS) is 27.5. The van der Waals surface area contributed by atoms with Gasteiger partial charge in [-0.3, -0.25) is 4.84 Å². The molecule has 2 heterocycles. The van der Waals surface area contributed by atoms with Crippen LogP contribution in [0.5, 0.6) is 0 Å². The number of hydrogen-bond acceptors (Lipinski definition) is 2. The van der Waals surface area contributed by atoms with Crippen molar-refractivity contribution < 1.29 is 4.84 Å². The molecule has 1 aromatic carbocycles. The Bertz CT molecular complexity index is 418. The van der Waals surface area contributed by atoms with Crippen molar-refractivity contribution in [2.45, 2.75) is 38.8 Å². The van der Waals surface area contributed by atoms with E-state index in [-0.39, 0.29) is 6.10 Å².